The van der Waals surface area contributed by atoms with E-state index in [9.17, 15) is 4.79 Å². The van der Waals surface area contributed by atoms with Crippen molar-refractivity contribution >= 4 is 17.2 Å². The van der Waals surface area contributed by atoms with Crippen molar-refractivity contribution < 1.29 is 18.2 Å². The molecule has 0 radical (unpaired) electrons. The van der Waals surface area contributed by atoms with Gasteiger partial charge in [-0.2, -0.15) is 16.3 Å². The summed E-state index contributed by atoms with van der Waals surface area (Å²) in [5, 5.41) is 7.88. The Balaban J connectivity index is 1.40. The Morgan fingerprint density at radius 2 is 1.81 bits per heavy atom. The second kappa shape index (κ2) is 8.05. The minimum Gasteiger partial charge on any atom is -0.467 e. The van der Waals surface area contributed by atoms with E-state index in [0.29, 0.717) is 42.7 Å². The maximum absolute atomic E-state index is 12.8. The fraction of sp³-hybridized carbons (Fsp3) is 0.211. The normalized spacial score (nSPS) is 11.0. The van der Waals surface area contributed by atoms with Crippen LogP contribution in [0.15, 0.2) is 67.0 Å². The Labute approximate surface area is 159 Å². The topological polar surface area (TPSA) is 85.5 Å². The molecule has 4 aromatic heterocycles. The molecule has 0 saturated heterocycles. The first-order chi connectivity index (χ1) is 13.3. The smallest absolute Gasteiger partial charge is 0.227 e. The van der Waals surface area contributed by atoms with Gasteiger partial charge < -0.3 is 18.3 Å². The van der Waals surface area contributed by atoms with Gasteiger partial charge in [0, 0.05) is 23.8 Å². The SMILES string of the molecule is O=C(CCc1nc(-c2ccsc2)no1)N(Cc1ccco1)Cc1ccco1. The highest BCUT2D eigenvalue weighted by atomic mass is 32.1. The van der Waals surface area contributed by atoms with Crippen LogP contribution in [0.2, 0.25) is 0 Å². The lowest BCUT2D eigenvalue weighted by Crippen LogP contribution is -2.30. The average molecular weight is 383 g/mol. The zero-order chi connectivity index (χ0) is 18.5. The van der Waals surface area contributed by atoms with Crippen molar-refractivity contribution in [2.75, 3.05) is 0 Å². The number of furan rings is 2. The summed E-state index contributed by atoms with van der Waals surface area (Å²) in [5.74, 6) is 2.38. The number of aromatic nitrogens is 2. The van der Waals surface area contributed by atoms with Crippen LogP contribution in [-0.2, 0) is 24.3 Å². The summed E-state index contributed by atoms with van der Waals surface area (Å²) < 4.78 is 16.0. The van der Waals surface area contributed by atoms with E-state index in [4.69, 9.17) is 13.4 Å². The minimum absolute atomic E-state index is 0.0434. The Morgan fingerprint density at radius 3 is 2.41 bits per heavy atom. The van der Waals surface area contributed by atoms with Crippen molar-refractivity contribution in [1.29, 1.82) is 0 Å². The van der Waals surface area contributed by atoms with E-state index in [1.54, 1.807) is 40.9 Å². The number of hydrogen-bond donors (Lipinski definition) is 0. The van der Waals surface area contributed by atoms with E-state index in [2.05, 4.69) is 10.1 Å². The lowest BCUT2D eigenvalue weighted by atomic mass is 10.2. The molecule has 0 aromatic carbocycles. The maximum atomic E-state index is 12.8. The molecule has 4 aromatic rings. The van der Waals surface area contributed by atoms with Gasteiger partial charge in [0.1, 0.15) is 11.5 Å². The molecule has 7 nitrogen and oxygen atoms in total. The molecule has 138 valence electrons. The molecule has 0 bridgehead atoms. The molecule has 0 aliphatic carbocycles. The van der Waals surface area contributed by atoms with E-state index in [1.807, 2.05) is 29.0 Å². The Morgan fingerprint density at radius 1 is 1.07 bits per heavy atom. The fourth-order valence-electron chi connectivity index (χ4n) is 2.65. The van der Waals surface area contributed by atoms with Crippen LogP contribution >= 0.6 is 11.3 Å². The lowest BCUT2D eigenvalue weighted by molar-refractivity contribution is -0.133. The molecular formula is C19H17N3O4S. The first kappa shape index (κ1) is 17.3. The van der Waals surface area contributed by atoms with Gasteiger partial charge in [-0.1, -0.05) is 5.16 Å². The summed E-state index contributed by atoms with van der Waals surface area (Å²) in [4.78, 5) is 18.8. The van der Waals surface area contributed by atoms with E-state index >= 15 is 0 Å². The molecule has 0 fully saturated rings. The minimum atomic E-state index is -0.0434. The summed E-state index contributed by atoms with van der Waals surface area (Å²) in [7, 11) is 0. The molecule has 0 saturated carbocycles. The second-order valence-corrected chi connectivity index (χ2v) is 6.71. The molecule has 0 aliphatic heterocycles. The van der Waals surface area contributed by atoms with Crippen LogP contribution in [0, 0.1) is 0 Å². The fourth-order valence-corrected chi connectivity index (χ4v) is 3.29. The van der Waals surface area contributed by atoms with Crippen molar-refractivity contribution in [2.24, 2.45) is 0 Å². The predicted octanol–water partition coefficient (Wildman–Crippen LogP) is 4.15. The molecule has 0 N–H and O–H groups in total. The Kier molecular flexibility index (Phi) is 5.15. The van der Waals surface area contributed by atoms with Crippen LogP contribution in [0.5, 0.6) is 0 Å². The zero-order valence-electron chi connectivity index (χ0n) is 14.4. The van der Waals surface area contributed by atoms with Crippen molar-refractivity contribution in [3.8, 4) is 11.4 Å². The molecule has 1 amide bonds. The zero-order valence-corrected chi connectivity index (χ0v) is 15.2. The third-order valence-corrected chi connectivity index (χ3v) is 4.69. The average Bonchev–Trinajstić information content (AvgIpc) is 3.48. The molecule has 27 heavy (non-hydrogen) atoms. The van der Waals surface area contributed by atoms with Crippen molar-refractivity contribution in [3.05, 3.63) is 71.0 Å². The molecular weight excluding hydrogens is 366 g/mol. The van der Waals surface area contributed by atoms with Gasteiger partial charge in [0.25, 0.3) is 0 Å². The number of carbonyl (C=O) groups is 1. The van der Waals surface area contributed by atoms with Gasteiger partial charge >= 0.3 is 0 Å². The summed E-state index contributed by atoms with van der Waals surface area (Å²) in [6, 6.07) is 9.21. The van der Waals surface area contributed by atoms with Crippen molar-refractivity contribution in [2.45, 2.75) is 25.9 Å². The van der Waals surface area contributed by atoms with E-state index < -0.39 is 0 Å². The van der Waals surface area contributed by atoms with Gasteiger partial charge in [0.15, 0.2) is 0 Å². The summed E-state index contributed by atoms with van der Waals surface area (Å²) in [5.41, 5.74) is 0.915. The molecule has 4 rings (SSSR count). The van der Waals surface area contributed by atoms with Gasteiger partial charge in [-0.05, 0) is 35.7 Å². The Hall–Kier alpha value is -3.13. The van der Waals surface area contributed by atoms with Crippen LogP contribution in [0.3, 0.4) is 0 Å². The number of hydrogen-bond acceptors (Lipinski definition) is 7. The second-order valence-electron chi connectivity index (χ2n) is 5.93. The summed E-state index contributed by atoms with van der Waals surface area (Å²) in [6.07, 6.45) is 3.82. The predicted molar refractivity (Wildman–Crippen MR) is 97.6 cm³/mol. The Bertz CT molecular complexity index is 923. The summed E-state index contributed by atoms with van der Waals surface area (Å²) >= 11 is 1.57. The molecule has 0 spiro atoms. The van der Waals surface area contributed by atoms with Gasteiger partial charge in [0.2, 0.25) is 17.6 Å². The van der Waals surface area contributed by atoms with Gasteiger partial charge in [-0.3, -0.25) is 4.79 Å². The first-order valence-corrected chi connectivity index (χ1v) is 9.40. The number of thiophene rings is 1. The van der Waals surface area contributed by atoms with Crippen LogP contribution in [0.4, 0.5) is 0 Å². The summed E-state index contributed by atoms with van der Waals surface area (Å²) in [6.45, 7) is 0.743. The highest BCUT2D eigenvalue weighted by Crippen LogP contribution is 2.19. The molecule has 0 aliphatic rings. The highest BCUT2D eigenvalue weighted by Gasteiger charge is 2.19. The third kappa shape index (κ3) is 4.35. The number of amides is 1. The van der Waals surface area contributed by atoms with Crippen LogP contribution in [-0.4, -0.2) is 20.9 Å². The highest BCUT2D eigenvalue weighted by molar-refractivity contribution is 7.08. The number of aryl methyl sites for hydroxylation is 1. The molecule has 0 unspecified atom stereocenters. The quantitative estimate of drug-likeness (QED) is 0.454. The molecule has 4 heterocycles. The number of nitrogens with zero attached hydrogens (tertiary/aromatic N) is 3. The first-order valence-electron chi connectivity index (χ1n) is 8.45. The van der Waals surface area contributed by atoms with E-state index in [-0.39, 0.29) is 12.3 Å². The largest absolute Gasteiger partial charge is 0.467 e. The van der Waals surface area contributed by atoms with Crippen LogP contribution in [0.1, 0.15) is 23.8 Å². The van der Waals surface area contributed by atoms with Gasteiger partial charge in [0.05, 0.1) is 25.6 Å². The maximum Gasteiger partial charge on any atom is 0.227 e. The number of rotatable bonds is 8. The van der Waals surface area contributed by atoms with Crippen molar-refractivity contribution in [3.63, 3.8) is 0 Å². The van der Waals surface area contributed by atoms with Crippen LogP contribution < -0.4 is 0 Å². The molecule has 0 atom stereocenters. The standard InChI is InChI=1S/C19H17N3O4S/c23-18(6-5-17-20-19(21-26-17)14-7-10-27-13-14)22(11-15-3-1-8-24-15)12-16-4-2-9-25-16/h1-4,7-10,13H,5-6,11-12H2. The van der Waals surface area contributed by atoms with Gasteiger partial charge in [-0.25, -0.2) is 0 Å². The number of carbonyl (C=O) groups excluding carboxylic acids is 1. The molecule has 8 heteroatoms. The third-order valence-electron chi connectivity index (χ3n) is 4.01. The van der Waals surface area contributed by atoms with E-state index in [0.717, 1.165) is 5.56 Å². The lowest BCUT2D eigenvalue weighted by Gasteiger charge is -2.20. The van der Waals surface area contributed by atoms with Gasteiger partial charge in [-0.15, -0.1) is 0 Å². The van der Waals surface area contributed by atoms with Crippen LogP contribution in [0.25, 0.3) is 11.4 Å². The van der Waals surface area contributed by atoms with E-state index in [1.165, 1.54) is 0 Å². The monoisotopic (exact) mass is 383 g/mol. The van der Waals surface area contributed by atoms with Crippen molar-refractivity contribution in [1.82, 2.24) is 15.0 Å².